The minimum atomic E-state index is 0.104. The molecule has 4 aromatic rings. The second kappa shape index (κ2) is 8.49. The number of methoxy groups -OCH3 is 1. The number of rotatable bonds is 8. The van der Waals surface area contributed by atoms with Crippen LogP contribution < -0.4 is 5.32 Å². The summed E-state index contributed by atoms with van der Waals surface area (Å²) in [6, 6.07) is 11.3. The summed E-state index contributed by atoms with van der Waals surface area (Å²) < 4.78 is 8.12. The zero-order valence-electron chi connectivity index (χ0n) is 16.2. The van der Waals surface area contributed by atoms with E-state index in [-0.39, 0.29) is 5.78 Å². The van der Waals surface area contributed by atoms with Crippen molar-refractivity contribution in [3.8, 4) is 0 Å². The van der Waals surface area contributed by atoms with Crippen LogP contribution in [0.3, 0.4) is 0 Å². The number of fused-ring (bicyclic) bond motifs is 2. The van der Waals surface area contributed by atoms with Gasteiger partial charge < -0.3 is 14.6 Å². The smallest absolute Gasteiger partial charge is 0.210 e. The summed E-state index contributed by atoms with van der Waals surface area (Å²) in [5, 5.41) is 4.77. The molecule has 4 rings (SSSR count). The highest BCUT2D eigenvalue weighted by atomic mass is 35.5. The van der Waals surface area contributed by atoms with Gasteiger partial charge in [0.05, 0.1) is 21.3 Å². The number of benzene rings is 2. The number of carbonyl (C=O) groups excluding carboxylic acids is 1. The number of hydrogen-bond donors (Lipinski definition) is 1. The van der Waals surface area contributed by atoms with E-state index in [2.05, 4.69) is 21.8 Å². The maximum Gasteiger partial charge on any atom is 0.210 e. The van der Waals surface area contributed by atoms with E-state index in [0.29, 0.717) is 36.0 Å². The van der Waals surface area contributed by atoms with Crippen LogP contribution in [0.1, 0.15) is 30.1 Å². The summed E-state index contributed by atoms with van der Waals surface area (Å²) >= 11 is 7.61. The summed E-state index contributed by atoms with van der Waals surface area (Å²) in [5.74, 6) is 0.809. The van der Waals surface area contributed by atoms with Gasteiger partial charge in [-0.2, -0.15) is 0 Å². The third kappa shape index (κ3) is 4.12. The molecule has 2 heterocycles. The van der Waals surface area contributed by atoms with Gasteiger partial charge in [-0.1, -0.05) is 22.9 Å². The van der Waals surface area contributed by atoms with Crippen LogP contribution in [0.4, 0.5) is 11.1 Å². The molecule has 0 spiro atoms. The van der Waals surface area contributed by atoms with Crippen LogP contribution >= 0.6 is 22.9 Å². The van der Waals surface area contributed by atoms with Crippen molar-refractivity contribution in [3.05, 3.63) is 47.0 Å². The molecule has 1 N–H and O–H groups in total. The molecule has 0 fully saturated rings. The van der Waals surface area contributed by atoms with Gasteiger partial charge in [0.1, 0.15) is 0 Å². The van der Waals surface area contributed by atoms with Gasteiger partial charge in [0.15, 0.2) is 10.9 Å². The number of anilines is 2. The number of ether oxygens (including phenoxy) is 1. The first-order chi connectivity index (χ1) is 14.1. The topological polar surface area (TPSA) is 69.0 Å². The molecule has 0 atom stereocenters. The minimum Gasteiger partial charge on any atom is -0.385 e. The van der Waals surface area contributed by atoms with Crippen LogP contribution in [0.25, 0.3) is 21.3 Å². The van der Waals surface area contributed by atoms with Gasteiger partial charge in [-0.3, -0.25) is 4.79 Å². The molecule has 0 aliphatic heterocycles. The van der Waals surface area contributed by atoms with Crippen LogP contribution in [0.5, 0.6) is 0 Å². The van der Waals surface area contributed by atoms with Crippen LogP contribution in [0, 0.1) is 0 Å². The monoisotopic (exact) mass is 428 g/mol. The molecule has 0 saturated carbocycles. The molecule has 2 aromatic carbocycles. The van der Waals surface area contributed by atoms with Crippen molar-refractivity contribution in [1.29, 1.82) is 0 Å². The lowest BCUT2D eigenvalue weighted by Gasteiger charge is -2.06. The Morgan fingerprint density at radius 2 is 2.07 bits per heavy atom. The molecular formula is C21H21ClN4O2S. The van der Waals surface area contributed by atoms with E-state index in [4.69, 9.17) is 21.3 Å². The molecule has 8 heteroatoms. The van der Waals surface area contributed by atoms with Gasteiger partial charge in [-0.25, -0.2) is 9.97 Å². The normalized spacial score (nSPS) is 11.4. The third-order valence-corrected chi connectivity index (χ3v) is 5.88. The fraction of sp³-hybridized carbons (Fsp3) is 0.286. The number of aromatic nitrogens is 3. The Hall–Kier alpha value is -2.48. The van der Waals surface area contributed by atoms with Crippen molar-refractivity contribution in [1.82, 2.24) is 14.5 Å². The summed E-state index contributed by atoms with van der Waals surface area (Å²) in [6.07, 6.45) is 1.18. The number of hydrogen-bond acceptors (Lipinski definition) is 6. The Labute approximate surface area is 177 Å². The summed E-state index contributed by atoms with van der Waals surface area (Å²) in [4.78, 5) is 21.8. The Morgan fingerprint density at radius 3 is 2.86 bits per heavy atom. The first kappa shape index (κ1) is 19.8. The molecule has 2 aromatic heterocycles. The van der Waals surface area contributed by atoms with E-state index < -0.39 is 0 Å². The highest BCUT2D eigenvalue weighted by Crippen LogP contribution is 2.31. The second-order valence-corrected chi connectivity index (χ2v) is 8.13. The molecule has 29 heavy (non-hydrogen) atoms. The quantitative estimate of drug-likeness (QED) is 0.289. The van der Waals surface area contributed by atoms with Gasteiger partial charge in [0, 0.05) is 37.3 Å². The largest absolute Gasteiger partial charge is 0.385 e. The molecule has 0 unspecified atom stereocenters. The van der Waals surface area contributed by atoms with E-state index in [1.54, 1.807) is 7.11 Å². The standard InChI is InChI=1S/C21H21ClN4O2S/c1-3-26-17-9-6-13(18(27)5-4-10-28-2)11-16(17)23-20(26)25-21-24-15-8-7-14(22)12-19(15)29-21/h6-9,11-12H,3-5,10H2,1-2H3,(H,23,24,25). The van der Waals surface area contributed by atoms with Crippen LogP contribution in [-0.2, 0) is 11.3 Å². The highest BCUT2D eigenvalue weighted by molar-refractivity contribution is 7.22. The first-order valence-electron chi connectivity index (χ1n) is 9.44. The van der Waals surface area contributed by atoms with Crippen molar-refractivity contribution in [2.45, 2.75) is 26.3 Å². The number of nitrogens with zero attached hydrogens (tertiary/aromatic N) is 3. The molecule has 0 aliphatic rings. The number of aryl methyl sites for hydroxylation is 1. The lowest BCUT2D eigenvalue weighted by Crippen LogP contribution is -2.02. The van der Waals surface area contributed by atoms with Crippen molar-refractivity contribution < 1.29 is 9.53 Å². The maximum atomic E-state index is 12.4. The first-order valence-corrected chi connectivity index (χ1v) is 10.6. The van der Waals surface area contributed by atoms with Crippen molar-refractivity contribution in [2.75, 3.05) is 19.0 Å². The number of ketones is 1. The summed E-state index contributed by atoms with van der Waals surface area (Å²) in [6.45, 7) is 3.39. The molecular weight excluding hydrogens is 408 g/mol. The number of thiazole rings is 1. The lowest BCUT2D eigenvalue weighted by atomic mass is 10.1. The van der Waals surface area contributed by atoms with Crippen molar-refractivity contribution >= 4 is 61.1 Å². The molecule has 0 saturated heterocycles. The number of imidazole rings is 1. The fourth-order valence-corrected chi connectivity index (χ4v) is 4.42. The molecule has 0 bridgehead atoms. The highest BCUT2D eigenvalue weighted by Gasteiger charge is 2.14. The van der Waals surface area contributed by atoms with E-state index in [1.165, 1.54) is 11.3 Å². The minimum absolute atomic E-state index is 0.104. The molecule has 0 radical (unpaired) electrons. The molecule has 0 aliphatic carbocycles. The van der Waals surface area contributed by atoms with Crippen LogP contribution in [0.2, 0.25) is 5.02 Å². The zero-order valence-corrected chi connectivity index (χ0v) is 17.8. The van der Waals surface area contributed by atoms with Crippen LogP contribution in [-0.4, -0.2) is 34.0 Å². The van der Waals surface area contributed by atoms with Crippen LogP contribution in [0.15, 0.2) is 36.4 Å². The lowest BCUT2D eigenvalue weighted by molar-refractivity contribution is 0.0963. The molecule has 150 valence electrons. The average Bonchev–Trinajstić information content (AvgIpc) is 3.26. The van der Waals surface area contributed by atoms with Crippen molar-refractivity contribution in [2.24, 2.45) is 0 Å². The van der Waals surface area contributed by atoms with E-state index in [9.17, 15) is 4.79 Å². The van der Waals surface area contributed by atoms with Crippen molar-refractivity contribution in [3.63, 3.8) is 0 Å². The van der Waals surface area contributed by atoms with Gasteiger partial charge in [0.2, 0.25) is 5.95 Å². The van der Waals surface area contributed by atoms with E-state index in [0.717, 1.165) is 32.9 Å². The maximum absolute atomic E-state index is 12.4. The Bertz CT molecular complexity index is 1180. The fourth-order valence-electron chi connectivity index (χ4n) is 3.29. The summed E-state index contributed by atoms with van der Waals surface area (Å²) in [5.41, 5.74) is 3.34. The average molecular weight is 429 g/mol. The Balaban J connectivity index is 1.63. The second-order valence-electron chi connectivity index (χ2n) is 6.66. The van der Waals surface area contributed by atoms with Gasteiger partial charge in [-0.15, -0.1) is 0 Å². The predicted molar refractivity (Wildman–Crippen MR) is 119 cm³/mol. The van der Waals surface area contributed by atoms with Gasteiger partial charge in [-0.05, 0) is 49.7 Å². The van der Waals surface area contributed by atoms with Gasteiger partial charge >= 0.3 is 0 Å². The molecule has 0 amide bonds. The Kier molecular flexibility index (Phi) is 5.80. The SMILES string of the molecule is CCn1c(Nc2nc3ccc(Cl)cc3s2)nc2cc(C(=O)CCCOC)ccc21. The zero-order chi connectivity index (χ0) is 20.4. The van der Waals surface area contributed by atoms with E-state index >= 15 is 0 Å². The Morgan fingerprint density at radius 1 is 1.21 bits per heavy atom. The third-order valence-electron chi connectivity index (χ3n) is 4.71. The number of Topliss-reactive ketones (excluding diaryl/α,β-unsaturated/α-hetero) is 1. The summed E-state index contributed by atoms with van der Waals surface area (Å²) in [7, 11) is 1.64. The van der Waals surface area contributed by atoms with Gasteiger partial charge in [0.25, 0.3) is 0 Å². The molecule has 6 nitrogen and oxygen atoms in total. The predicted octanol–water partition coefficient (Wildman–Crippen LogP) is 5.67. The number of carbonyl (C=O) groups is 1. The number of nitrogens with one attached hydrogen (secondary N) is 1. The number of halogens is 1. The van der Waals surface area contributed by atoms with E-state index in [1.807, 2.05) is 36.4 Å².